The number of allylic oxidation sites excluding steroid dienone is 1. The number of rotatable bonds is 4. The first-order chi connectivity index (χ1) is 8.95. The summed E-state index contributed by atoms with van der Waals surface area (Å²) < 4.78 is 27.3. The van der Waals surface area contributed by atoms with Crippen LogP contribution in [0, 0.1) is 0 Å². The molecule has 0 saturated heterocycles. The van der Waals surface area contributed by atoms with Crippen molar-refractivity contribution in [2.75, 3.05) is 5.75 Å². The van der Waals surface area contributed by atoms with Gasteiger partial charge in [0.25, 0.3) is 0 Å². The van der Waals surface area contributed by atoms with E-state index >= 15 is 0 Å². The molecular formula is C14H27NO3SSi. The Bertz CT molecular complexity index is 501. The van der Waals surface area contributed by atoms with Crippen LogP contribution in [0.15, 0.2) is 11.6 Å². The van der Waals surface area contributed by atoms with E-state index < -0.39 is 18.3 Å². The standard InChI is InChI=1S/C14H27NO3SSi/c1-14(2,3)20(4,5)15-19(17,18)11-10-12-8-6-7-9-13(12)16/h10,15H,6-9,11H2,1-5H3/b12-10-. The van der Waals surface area contributed by atoms with Gasteiger partial charge in [-0.3, -0.25) is 4.79 Å². The summed E-state index contributed by atoms with van der Waals surface area (Å²) in [5.74, 6) is 0.0272. The molecule has 0 aliphatic heterocycles. The average Bonchev–Trinajstić information content (AvgIpc) is 2.25. The molecule has 0 aromatic carbocycles. The molecule has 1 N–H and O–H groups in total. The van der Waals surface area contributed by atoms with E-state index in [9.17, 15) is 13.2 Å². The van der Waals surface area contributed by atoms with Crippen LogP contribution in [-0.4, -0.2) is 28.2 Å². The fourth-order valence-corrected chi connectivity index (χ4v) is 7.00. The van der Waals surface area contributed by atoms with E-state index in [0.29, 0.717) is 18.4 Å². The van der Waals surface area contributed by atoms with E-state index in [-0.39, 0.29) is 16.6 Å². The molecule has 20 heavy (non-hydrogen) atoms. The lowest BCUT2D eigenvalue weighted by atomic mass is 9.94. The minimum Gasteiger partial charge on any atom is -0.295 e. The molecule has 4 nitrogen and oxygen atoms in total. The van der Waals surface area contributed by atoms with Gasteiger partial charge in [0.1, 0.15) is 8.24 Å². The number of nitrogens with one attached hydrogen (secondary N) is 1. The Hall–Kier alpha value is -0.463. The molecule has 0 spiro atoms. The summed E-state index contributed by atoms with van der Waals surface area (Å²) in [5.41, 5.74) is 0.692. The minimum atomic E-state index is -3.36. The largest absolute Gasteiger partial charge is 0.295 e. The third-order valence-electron chi connectivity index (χ3n) is 4.29. The molecule has 1 saturated carbocycles. The number of hydrogen-bond acceptors (Lipinski definition) is 3. The molecule has 0 radical (unpaired) electrons. The zero-order valence-corrected chi connectivity index (χ0v) is 15.1. The monoisotopic (exact) mass is 317 g/mol. The number of carbonyl (C=O) groups is 1. The smallest absolute Gasteiger partial charge is 0.209 e. The van der Waals surface area contributed by atoms with Gasteiger partial charge in [-0.05, 0) is 29.9 Å². The van der Waals surface area contributed by atoms with Crippen molar-refractivity contribution < 1.29 is 13.2 Å². The summed E-state index contributed by atoms with van der Waals surface area (Å²) in [6.45, 7) is 10.2. The van der Waals surface area contributed by atoms with Crippen LogP contribution in [0.5, 0.6) is 0 Å². The maximum atomic E-state index is 12.2. The first-order valence-electron chi connectivity index (χ1n) is 7.18. The van der Waals surface area contributed by atoms with Gasteiger partial charge in [-0.15, -0.1) is 0 Å². The predicted octanol–water partition coefficient (Wildman–Crippen LogP) is 2.98. The lowest BCUT2D eigenvalue weighted by Gasteiger charge is -2.36. The Morgan fingerprint density at radius 1 is 1.20 bits per heavy atom. The van der Waals surface area contributed by atoms with Gasteiger partial charge < -0.3 is 0 Å². The Kier molecular flexibility index (Phi) is 5.38. The van der Waals surface area contributed by atoms with Crippen molar-refractivity contribution in [3.8, 4) is 0 Å². The van der Waals surface area contributed by atoms with Crippen molar-refractivity contribution in [3.05, 3.63) is 11.6 Å². The van der Waals surface area contributed by atoms with E-state index in [0.717, 1.165) is 12.8 Å². The van der Waals surface area contributed by atoms with E-state index in [1.165, 1.54) is 0 Å². The van der Waals surface area contributed by atoms with Gasteiger partial charge in [0.15, 0.2) is 5.78 Å². The van der Waals surface area contributed by atoms with Crippen molar-refractivity contribution >= 4 is 24.0 Å². The van der Waals surface area contributed by atoms with Crippen molar-refractivity contribution in [3.63, 3.8) is 0 Å². The molecule has 0 bridgehead atoms. The van der Waals surface area contributed by atoms with Crippen LogP contribution < -0.4 is 4.39 Å². The topological polar surface area (TPSA) is 63.2 Å². The molecule has 0 aromatic heterocycles. The first kappa shape index (κ1) is 17.6. The Morgan fingerprint density at radius 2 is 1.75 bits per heavy atom. The van der Waals surface area contributed by atoms with Crippen LogP contribution in [0.3, 0.4) is 0 Å². The summed E-state index contributed by atoms with van der Waals surface area (Å²) >= 11 is 0. The molecule has 0 atom stereocenters. The fraction of sp³-hybridized carbons (Fsp3) is 0.786. The van der Waals surface area contributed by atoms with Crippen molar-refractivity contribution in [1.82, 2.24) is 4.39 Å². The van der Waals surface area contributed by atoms with Gasteiger partial charge in [-0.2, -0.15) is 0 Å². The quantitative estimate of drug-likeness (QED) is 0.640. The highest BCUT2D eigenvalue weighted by molar-refractivity contribution is 7.91. The Balaban J connectivity index is 2.76. The maximum absolute atomic E-state index is 12.2. The molecule has 0 unspecified atom stereocenters. The second kappa shape index (κ2) is 6.11. The van der Waals surface area contributed by atoms with Gasteiger partial charge in [0.2, 0.25) is 10.0 Å². The third-order valence-corrected chi connectivity index (χ3v) is 11.9. The molecule has 1 rings (SSSR count). The number of ketones is 1. The van der Waals surface area contributed by atoms with Gasteiger partial charge in [0.05, 0.1) is 5.75 Å². The van der Waals surface area contributed by atoms with E-state index in [1.54, 1.807) is 6.08 Å². The molecule has 1 fully saturated rings. The number of carbonyl (C=O) groups excluding carboxylic acids is 1. The summed E-state index contributed by atoms with van der Waals surface area (Å²) in [4.78, 5) is 11.7. The molecule has 0 aromatic rings. The fourth-order valence-electron chi connectivity index (χ4n) is 1.91. The highest BCUT2D eigenvalue weighted by Crippen LogP contribution is 2.34. The van der Waals surface area contributed by atoms with E-state index in [4.69, 9.17) is 0 Å². The van der Waals surface area contributed by atoms with Crippen molar-refractivity contribution in [2.45, 2.75) is 64.6 Å². The second-order valence-electron chi connectivity index (χ2n) is 7.12. The maximum Gasteiger partial charge on any atom is 0.209 e. The first-order valence-corrected chi connectivity index (χ1v) is 11.8. The lowest BCUT2D eigenvalue weighted by Crippen LogP contribution is -2.54. The summed E-state index contributed by atoms with van der Waals surface area (Å²) in [6, 6.07) is 0. The van der Waals surface area contributed by atoms with Crippen LogP contribution in [-0.2, 0) is 14.8 Å². The molecule has 116 valence electrons. The number of sulfonamides is 1. The lowest BCUT2D eigenvalue weighted by molar-refractivity contribution is -0.116. The van der Waals surface area contributed by atoms with Crippen LogP contribution in [0.2, 0.25) is 18.1 Å². The van der Waals surface area contributed by atoms with Crippen LogP contribution in [0.25, 0.3) is 0 Å². The highest BCUT2D eigenvalue weighted by Gasteiger charge is 2.38. The molecular weight excluding hydrogens is 290 g/mol. The second-order valence-corrected chi connectivity index (χ2v) is 14.2. The molecule has 1 aliphatic carbocycles. The van der Waals surface area contributed by atoms with Crippen LogP contribution >= 0.6 is 0 Å². The minimum absolute atomic E-state index is 0.0477. The Morgan fingerprint density at radius 3 is 2.25 bits per heavy atom. The van der Waals surface area contributed by atoms with E-state index in [2.05, 4.69) is 25.2 Å². The van der Waals surface area contributed by atoms with E-state index in [1.807, 2.05) is 13.1 Å². The summed E-state index contributed by atoms with van der Waals surface area (Å²) in [6.07, 6.45) is 4.78. The normalized spacial score (nSPS) is 20.4. The highest BCUT2D eigenvalue weighted by atomic mass is 32.2. The van der Waals surface area contributed by atoms with Gasteiger partial charge in [-0.1, -0.05) is 39.9 Å². The Labute approximate surface area is 124 Å². The van der Waals surface area contributed by atoms with Gasteiger partial charge in [0, 0.05) is 6.42 Å². The van der Waals surface area contributed by atoms with Crippen LogP contribution in [0.1, 0.15) is 46.5 Å². The van der Waals surface area contributed by atoms with Gasteiger partial charge >= 0.3 is 0 Å². The summed E-state index contributed by atoms with van der Waals surface area (Å²) in [7, 11) is -5.46. The predicted molar refractivity (Wildman–Crippen MR) is 85.7 cm³/mol. The molecule has 0 heterocycles. The summed E-state index contributed by atoms with van der Waals surface area (Å²) in [5, 5.41) is -0.0477. The molecule has 0 amide bonds. The SMILES string of the molecule is CC(C)(C)[Si](C)(C)NS(=O)(=O)C/C=C1/CCCCC1=O. The molecule has 6 heteroatoms. The zero-order valence-electron chi connectivity index (χ0n) is 13.2. The van der Waals surface area contributed by atoms with Crippen LogP contribution in [0.4, 0.5) is 0 Å². The van der Waals surface area contributed by atoms with Crippen molar-refractivity contribution in [2.24, 2.45) is 0 Å². The number of hydrogen-bond donors (Lipinski definition) is 1. The van der Waals surface area contributed by atoms with Crippen molar-refractivity contribution in [1.29, 1.82) is 0 Å². The average molecular weight is 318 g/mol. The zero-order chi connectivity index (χ0) is 15.6. The van der Waals surface area contributed by atoms with Gasteiger partial charge in [-0.25, -0.2) is 12.8 Å². The third kappa shape index (κ3) is 4.82. The number of Topliss-reactive ketones (excluding diaryl/α,β-unsaturated/α-hetero) is 1. The molecule has 1 aliphatic rings.